The molecule has 1 heterocycles. The van der Waals surface area contributed by atoms with E-state index >= 15 is 0 Å². The predicted molar refractivity (Wildman–Crippen MR) is 112 cm³/mol. The average molecular weight is 380 g/mol. The van der Waals surface area contributed by atoms with Gasteiger partial charge in [-0.05, 0) is 63.5 Å². The fourth-order valence-electron chi connectivity index (χ4n) is 5.57. The minimum atomic E-state index is 0.0739. The summed E-state index contributed by atoms with van der Waals surface area (Å²) in [6.45, 7) is 8.32. The van der Waals surface area contributed by atoms with Crippen molar-refractivity contribution in [2.75, 3.05) is 0 Å². The monoisotopic (exact) mass is 379 g/mol. The lowest BCUT2D eigenvalue weighted by molar-refractivity contribution is -0.125. The van der Waals surface area contributed by atoms with E-state index in [-0.39, 0.29) is 18.0 Å². The molecule has 2 aliphatic carbocycles. The molecule has 4 heteroatoms. The molecule has 1 aromatic heterocycles. The van der Waals surface area contributed by atoms with Gasteiger partial charge in [0.15, 0.2) is 0 Å². The lowest BCUT2D eigenvalue weighted by Gasteiger charge is -2.55. The molecular formula is C24H33N3O. The molecule has 5 atom stereocenters. The second kappa shape index (κ2) is 7.73. The molecule has 1 N–H and O–H groups in total. The number of nitrogens with one attached hydrogen (secondary N) is 1. The molecule has 28 heavy (non-hydrogen) atoms. The van der Waals surface area contributed by atoms with Gasteiger partial charge in [0.2, 0.25) is 5.91 Å². The van der Waals surface area contributed by atoms with Crippen LogP contribution in [0.15, 0.2) is 30.3 Å². The van der Waals surface area contributed by atoms with Crippen LogP contribution in [0.3, 0.4) is 0 Å². The number of benzene rings is 1. The predicted octanol–water partition coefficient (Wildman–Crippen LogP) is 4.85. The van der Waals surface area contributed by atoms with E-state index in [0.717, 1.165) is 17.3 Å². The van der Waals surface area contributed by atoms with Crippen LogP contribution in [0.2, 0.25) is 0 Å². The van der Waals surface area contributed by atoms with Gasteiger partial charge in [-0.3, -0.25) is 9.48 Å². The van der Waals surface area contributed by atoms with Crippen molar-refractivity contribution < 1.29 is 4.79 Å². The van der Waals surface area contributed by atoms with E-state index in [1.165, 1.54) is 36.8 Å². The van der Waals surface area contributed by atoms with E-state index < -0.39 is 0 Å². The minimum Gasteiger partial charge on any atom is -0.352 e. The first kappa shape index (κ1) is 19.2. The minimum absolute atomic E-state index is 0.0739. The van der Waals surface area contributed by atoms with Crippen molar-refractivity contribution in [3.8, 4) is 0 Å². The zero-order chi connectivity index (χ0) is 19.8. The summed E-state index contributed by atoms with van der Waals surface area (Å²) in [6.07, 6.45) is 5.68. The van der Waals surface area contributed by atoms with Gasteiger partial charge in [0.25, 0.3) is 0 Å². The Morgan fingerprint density at radius 1 is 1.14 bits per heavy atom. The summed E-state index contributed by atoms with van der Waals surface area (Å²) >= 11 is 0. The summed E-state index contributed by atoms with van der Waals surface area (Å²) in [5, 5.41) is 8.07. The average Bonchev–Trinajstić information content (AvgIpc) is 2.95. The highest BCUT2D eigenvalue weighted by Gasteiger charge is 2.51. The maximum absolute atomic E-state index is 12.9. The molecule has 0 saturated heterocycles. The van der Waals surface area contributed by atoms with Gasteiger partial charge in [-0.25, -0.2) is 0 Å². The van der Waals surface area contributed by atoms with E-state index in [1.54, 1.807) is 0 Å². The quantitative estimate of drug-likeness (QED) is 0.807. The summed E-state index contributed by atoms with van der Waals surface area (Å²) in [5.74, 6) is 2.01. The SMILES string of the molecule is Cc1nn([C@H](C)CC(=O)N[C@H]2[C@H]3CCCC[C@H]3[C@@H]2c2ccccc2)c(C)c1C. The number of nitrogens with zero attached hydrogens (tertiary/aromatic N) is 2. The molecule has 4 nitrogen and oxygen atoms in total. The number of hydrogen-bond donors (Lipinski definition) is 1. The first-order valence-corrected chi connectivity index (χ1v) is 10.8. The molecule has 0 spiro atoms. The van der Waals surface area contributed by atoms with Crippen molar-refractivity contribution in [2.45, 2.75) is 77.8 Å². The highest BCUT2D eigenvalue weighted by atomic mass is 16.1. The number of aryl methyl sites for hydroxylation is 1. The number of fused-ring (bicyclic) bond motifs is 1. The first-order valence-electron chi connectivity index (χ1n) is 10.8. The van der Waals surface area contributed by atoms with E-state index in [0.29, 0.717) is 18.3 Å². The van der Waals surface area contributed by atoms with E-state index in [4.69, 9.17) is 0 Å². The Labute approximate surface area is 168 Å². The number of aromatic nitrogens is 2. The van der Waals surface area contributed by atoms with Gasteiger partial charge in [0, 0.05) is 24.1 Å². The molecule has 1 aromatic carbocycles. The van der Waals surface area contributed by atoms with E-state index in [9.17, 15) is 4.79 Å². The van der Waals surface area contributed by atoms with Crippen LogP contribution in [0.4, 0.5) is 0 Å². The van der Waals surface area contributed by atoms with Gasteiger partial charge in [-0.2, -0.15) is 5.10 Å². The normalized spacial score (nSPS) is 27.6. The molecule has 4 rings (SSSR count). The third kappa shape index (κ3) is 3.38. The van der Waals surface area contributed by atoms with Crippen LogP contribution in [-0.2, 0) is 4.79 Å². The third-order valence-electron chi connectivity index (χ3n) is 7.28. The Kier molecular flexibility index (Phi) is 5.31. The Bertz CT molecular complexity index is 841. The summed E-state index contributed by atoms with van der Waals surface area (Å²) in [5.41, 5.74) is 4.83. The summed E-state index contributed by atoms with van der Waals surface area (Å²) in [7, 11) is 0. The molecule has 0 unspecified atom stereocenters. The van der Waals surface area contributed by atoms with Crippen LogP contribution >= 0.6 is 0 Å². The summed E-state index contributed by atoms with van der Waals surface area (Å²) in [4.78, 5) is 12.9. The number of amides is 1. The van der Waals surface area contributed by atoms with Gasteiger partial charge >= 0.3 is 0 Å². The zero-order valence-electron chi connectivity index (χ0n) is 17.6. The van der Waals surface area contributed by atoms with Crippen molar-refractivity contribution in [2.24, 2.45) is 11.8 Å². The standard InChI is InChI=1S/C24H33N3O/c1-15(27-18(4)16(2)17(3)26-27)14-22(28)25-24-21-13-9-8-12-20(21)23(24)19-10-6-5-7-11-19/h5-7,10-11,15,20-21,23-24H,8-9,12-14H2,1-4H3,(H,25,28)/t15-,20-,21+,23+,24+/m1/s1. The van der Waals surface area contributed by atoms with Crippen molar-refractivity contribution in [3.63, 3.8) is 0 Å². The molecule has 2 aliphatic rings. The van der Waals surface area contributed by atoms with E-state index in [2.05, 4.69) is 61.5 Å². The molecule has 2 saturated carbocycles. The Balaban J connectivity index is 1.45. The number of hydrogen-bond acceptors (Lipinski definition) is 2. The van der Waals surface area contributed by atoms with Gasteiger partial charge in [-0.1, -0.05) is 43.2 Å². The zero-order valence-corrected chi connectivity index (χ0v) is 17.6. The fraction of sp³-hybridized carbons (Fsp3) is 0.583. The second-order valence-electron chi connectivity index (χ2n) is 8.94. The van der Waals surface area contributed by atoms with Crippen LogP contribution in [0.1, 0.15) is 73.5 Å². The summed E-state index contributed by atoms with van der Waals surface area (Å²) in [6, 6.07) is 11.1. The molecular weight excluding hydrogens is 346 g/mol. The van der Waals surface area contributed by atoms with Crippen molar-refractivity contribution >= 4 is 5.91 Å². The maximum atomic E-state index is 12.9. The Morgan fingerprint density at radius 2 is 1.82 bits per heavy atom. The smallest absolute Gasteiger partial charge is 0.222 e. The number of rotatable bonds is 5. The number of carbonyl (C=O) groups excluding carboxylic acids is 1. The Morgan fingerprint density at radius 3 is 2.46 bits per heavy atom. The topological polar surface area (TPSA) is 46.9 Å². The van der Waals surface area contributed by atoms with Gasteiger partial charge in [-0.15, -0.1) is 0 Å². The largest absolute Gasteiger partial charge is 0.352 e. The molecule has 150 valence electrons. The molecule has 1 amide bonds. The second-order valence-corrected chi connectivity index (χ2v) is 8.94. The van der Waals surface area contributed by atoms with Crippen molar-refractivity contribution in [1.29, 1.82) is 0 Å². The third-order valence-corrected chi connectivity index (χ3v) is 7.28. The summed E-state index contributed by atoms with van der Waals surface area (Å²) < 4.78 is 2.02. The number of carbonyl (C=O) groups is 1. The Hall–Kier alpha value is -2.10. The van der Waals surface area contributed by atoms with Crippen LogP contribution in [0.5, 0.6) is 0 Å². The lowest BCUT2D eigenvalue weighted by atomic mass is 9.53. The van der Waals surface area contributed by atoms with Gasteiger partial charge < -0.3 is 5.32 Å². The van der Waals surface area contributed by atoms with Crippen LogP contribution in [0.25, 0.3) is 0 Å². The highest BCUT2D eigenvalue weighted by molar-refractivity contribution is 5.77. The van der Waals surface area contributed by atoms with E-state index in [1.807, 2.05) is 11.6 Å². The van der Waals surface area contributed by atoms with Crippen molar-refractivity contribution in [3.05, 3.63) is 52.8 Å². The van der Waals surface area contributed by atoms with Crippen molar-refractivity contribution in [1.82, 2.24) is 15.1 Å². The van der Waals surface area contributed by atoms with Crippen LogP contribution < -0.4 is 5.32 Å². The molecule has 0 bridgehead atoms. The maximum Gasteiger partial charge on any atom is 0.222 e. The lowest BCUT2D eigenvalue weighted by Crippen LogP contribution is -2.59. The van der Waals surface area contributed by atoms with Gasteiger partial charge in [0.1, 0.15) is 0 Å². The molecule has 2 aromatic rings. The molecule has 2 fully saturated rings. The molecule has 0 aliphatic heterocycles. The van der Waals surface area contributed by atoms with Gasteiger partial charge in [0.05, 0.1) is 11.7 Å². The first-order chi connectivity index (χ1) is 13.5. The highest BCUT2D eigenvalue weighted by Crippen LogP contribution is 2.54. The van der Waals surface area contributed by atoms with Crippen LogP contribution in [0, 0.1) is 32.6 Å². The fourth-order valence-corrected chi connectivity index (χ4v) is 5.57. The van der Waals surface area contributed by atoms with Crippen LogP contribution in [-0.4, -0.2) is 21.7 Å². The molecule has 0 radical (unpaired) electrons.